The van der Waals surface area contributed by atoms with Crippen LogP contribution in [0.4, 0.5) is 0 Å². The number of hydrogen-bond donors (Lipinski definition) is 0. The molecule has 0 radical (unpaired) electrons. The second-order valence-electron chi connectivity index (χ2n) is 3.41. The minimum Gasteiger partial charge on any atom is -0.148 e. The largest absolute Gasteiger partial charge is 0.494 e. The molecule has 82 valence electrons. The molecular weight excluding hydrogens is 327 g/mol. The van der Waals surface area contributed by atoms with Crippen molar-refractivity contribution in [1.29, 1.82) is 0 Å². The molecule has 0 aliphatic carbocycles. The van der Waals surface area contributed by atoms with Crippen LogP contribution in [0.15, 0.2) is 0 Å². The molecule has 0 saturated heterocycles. The summed E-state index contributed by atoms with van der Waals surface area (Å²) in [5.41, 5.74) is 0. The fraction of sp³-hybridized carbons (Fsp3) is 1.00. The molecule has 0 aromatic heterocycles. The smallest absolute Gasteiger partial charge is 0.148 e. The molecule has 0 aromatic carbocycles. The van der Waals surface area contributed by atoms with E-state index in [0.29, 0.717) is 6.61 Å². The van der Waals surface area contributed by atoms with Gasteiger partial charge in [0.1, 0.15) is 6.61 Å². The van der Waals surface area contributed by atoms with Crippen molar-refractivity contribution in [2.24, 2.45) is 0 Å². The summed E-state index contributed by atoms with van der Waals surface area (Å²) in [6.45, 7) is 2.90. The third-order valence-corrected chi connectivity index (χ3v) is 2.48. The van der Waals surface area contributed by atoms with Gasteiger partial charge in [-0.05, 0) is 11.0 Å². The third kappa shape index (κ3) is 15.9. The Kier molecular flexibility index (Phi) is 21.4. The van der Waals surface area contributed by atoms with Gasteiger partial charge >= 0.3 is 8.69 Å². The summed E-state index contributed by atoms with van der Waals surface area (Å²) in [6, 6.07) is 0. The van der Waals surface area contributed by atoms with Crippen LogP contribution < -0.4 is 0 Å². The van der Waals surface area contributed by atoms with Crippen LogP contribution in [0, 0.1) is 40.8 Å². The fourth-order valence-electron chi connectivity index (χ4n) is 1.35. The molecule has 0 aliphatic rings. The first kappa shape index (κ1) is 17.8. The van der Waals surface area contributed by atoms with Crippen LogP contribution >= 0.6 is 8.69 Å². The molecule has 0 aliphatic heterocycles. The number of hydrogen-bond acceptors (Lipinski definition) is 2. The minimum atomic E-state index is -0.580. The summed E-state index contributed by atoms with van der Waals surface area (Å²) in [6.07, 6.45) is 10.4. The Morgan fingerprint density at radius 1 is 0.929 bits per heavy atom. The molecule has 0 heterocycles. The van der Waals surface area contributed by atoms with E-state index in [1.165, 1.54) is 44.9 Å². The van der Waals surface area contributed by atoms with E-state index in [4.69, 9.17) is 4.52 Å². The third-order valence-electron chi connectivity index (χ3n) is 2.16. The Morgan fingerprint density at radius 3 is 1.93 bits per heavy atom. The average molecular weight is 349 g/mol. The van der Waals surface area contributed by atoms with Crippen LogP contribution in [-0.4, -0.2) is 6.61 Å². The van der Waals surface area contributed by atoms with Gasteiger partial charge in [0.2, 0.25) is 0 Å². The molecular formula is C10H22NdO2P+. The van der Waals surface area contributed by atoms with E-state index in [0.717, 1.165) is 6.42 Å². The van der Waals surface area contributed by atoms with Crippen LogP contribution in [0.3, 0.4) is 0 Å². The number of rotatable bonds is 10. The average Bonchev–Trinajstić information content (AvgIpc) is 2.16. The summed E-state index contributed by atoms with van der Waals surface area (Å²) in [4.78, 5) is 0. The predicted octanol–water partition coefficient (Wildman–Crippen LogP) is 4.08. The first-order valence-corrected chi connectivity index (χ1v) is 6.22. The second-order valence-corrected chi connectivity index (χ2v) is 3.86. The van der Waals surface area contributed by atoms with Crippen molar-refractivity contribution in [3.05, 3.63) is 0 Å². The molecule has 0 bridgehead atoms. The molecule has 0 N–H and O–H groups in total. The Hall–Kier alpha value is 1.41. The topological polar surface area (TPSA) is 26.3 Å². The molecule has 1 unspecified atom stereocenters. The molecule has 2 nitrogen and oxygen atoms in total. The summed E-state index contributed by atoms with van der Waals surface area (Å²) < 4.78 is 14.7. The van der Waals surface area contributed by atoms with Crippen molar-refractivity contribution in [3.8, 4) is 0 Å². The van der Waals surface area contributed by atoms with Crippen molar-refractivity contribution in [3.63, 3.8) is 0 Å². The normalized spacial score (nSPS) is 10.1. The standard InChI is InChI=1S/C10H22O2P.Nd/c1-2-3-4-5-6-7-8-9-10-12-13-11;/h13H,2-10H2,1H3;/q+1;. The van der Waals surface area contributed by atoms with Gasteiger partial charge in [-0.2, -0.15) is 0 Å². The van der Waals surface area contributed by atoms with Crippen LogP contribution in [0.5, 0.6) is 0 Å². The molecule has 0 amide bonds. The summed E-state index contributed by atoms with van der Waals surface area (Å²) in [5, 5.41) is 0. The van der Waals surface area contributed by atoms with Crippen LogP contribution in [0.2, 0.25) is 0 Å². The first-order valence-electron chi connectivity index (χ1n) is 5.40. The Bertz CT molecular complexity index is 112. The zero-order valence-electron chi connectivity index (χ0n) is 9.18. The van der Waals surface area contributed by atoms with Gasteiger partial charge in [0.05, 0.1) is 0 Å². The van der Waals surface area contributed by atoms with E-state index < -0.39 is 8.69 Å². The molecule has 0 saturated carbocycles. The zero-order chi connectivity index (χ0) is 9.78. The van der Waals surface area contributed by atoms with Gasteiger partial charge in [-0.15, -0.1) is 4.52 Å². The molecule has 0 spiro atoms. The van der Waals surface area contributed by atoms with E-state index in [-0.39, 0.29) is 40.8 Å². The van der Waals surface area contributed by atoms with Gasteiger partial charge in [0.25, 0.3) is 0 Å². The maximum absolute atomic E-state index is 9.94. The van der Waals surface area contributed by atoms with Gasteiger partial charge in [0, 0.05) is 40.8 Å². The van der Waals surface area contributed by atoms with Gasteiger partial charge in [0.15, 0.2) is 0 Å². The molecule has 0 fully saturated rings. The van der Waals surface area contributed by atoms with Crippen molar-refractivity contribution >= 4 is 8.69 Å². The summed E-state index contributed by atoms with van der Waals surface area (Å²) in [5.74, 6) is 0. The van der Waals surface area contributed by atoms with E-state index in [1.54, 1.807) is 0 Å². The van der Waals surface area contributed by atoms with E-state index in [1.807, 2.05) is 0 Å². The Balaban J connectivity index is 0. The Labute approximate surface area is 122 Å². The van der Waals surface area contributed by atoms with E-state index in [2.05, 4.69) is 6.92 Å². The summed E-state index contributed by atoms with van der Waals surface area (Å²) in [7, 11) is -0.580. The van der Waals surface area contributed by atoms with Crippen molar-refractivity contribution in [2.45, 2.75) is 58.3 Å². The van der Waals surface area contributed by atoms with Crippen molar-refractivity contribution < 1.29 is 49.9 Å². The molecule has 4 heteroatoms. The van der Waals surface area contributed by atoms with Crippen molar-refractivity contribution in [1.82, 2.24) is 0 Å². The van der Waals surface area contributed by atoms with E-state index >= 15 is 0 Å². The van der Waals surface area contributed by atoms with Crippen LogP contribution in [0.1, 0.15) is 58.3 Å². The number of unbranched alkanes of at least 4 members (excludes halogenated alkanes) is 7. The van der Waals surface area contributed by atoms with Crippen LogP contribution in [-0.2, 0) is 9.09 Å². The first-order chi connectivity index (χ1) is 6.41. The van der Waals surface area contributed by atoms with Gasteiger partial charge < -0.3 is 0 Å². The summed E-state index contributed by atoms with van der Waals surface area (Å²) >= 11 is 0. The van der Waals surface area contributed by atoms with Gasteiger partial charge in [-0.3, -0.25) is 0 Å². The fourth-order valence-corrected chi connectivity index (χ4v) is 1.58. The molecule has 1 atom stereocenters. The van der Waals surface area contributed by atoms with E-state index in [9.17, 15) is 4.57 Å². The maximum atomic E-state index is 9.94. The predicted molar refractivity (Wildman–Crippen MR) is 57.6 cm³/mol. The maximum Gasteiger partial charge on any atom is 0.494 e. The quantitative estimate of drug-likeness (QED) is 0.439. The zero-order valence-corrected chi connectivity index (χ0v) is 13.4. The van der Waals surface area contributed by atoms with Gasteiger partial charge in [-0.25, -0.2) is 0 Å². The minimum absolute atomic E-state index is 0. The van der Waals surface area contributed by atoms with Crippen LogP contribution in [0.25, 0.3) is 0 Å². The molecule has 14 heavy (non-hydrogen) atoms. The van der Waals surface area contributed by atoms with Gasteiger partial charge in [-0.1, -0.05) is 51.9 Å². The second kappa shape index (κ2) is 16.8. The van der Waals surface area contributed by atoms with Crippen molar-refractivity contribution in [2.75, 3.05) is 6.61 Å². The Morgan fingerprint density at radius 2 is 1.43 bits per heavy atom. The monoisotopic (exact) mass is 347 g/mol. The molecule has 0 aromatic rings. The SMILES string of the molecule is CCCCCCCCCCO[PH+]=O.[Nd]. The molecule has 0 rings (SSSR count).